The van der Waals surface area contributed by atoms with Crippen molar-refractivity contribution in [3.8, 4) is 23.6 Å². The zero-order valence-electron chi connectivity index (χ0n) is 22.1. The minimum Gasteiger partial charge on any atom is -0.497 e. The summed E-state index contributed by atoms with van der Waals surface area (Å²) >= 11 is 0. The first-order valence-corrected chi connectivity index (χ1v) is 12.2. The van der Waals surface area contributed by atoms with Gasteiger partial charge in [0.2, 0.25) is 5.84 Å². The molecule has 10 heteroatoms. The second-order valence-electron chi connectivity index (χ2n) is 8.33. The molecule has 39 heavy (non-hydrogen) atoms. The topological polar surface area (TPSA) is 135 Å². The Hall–Kier alpha value is -5.22. The van der Waals surface area contributed by atoms with E-state index in [1.165, 1.54) is 7.11 Å². The predicted molar refractivity (Wildman–Crippen MR) is 148 cm³/mol. The van der Waals surface area contributed by atoms with E-state index in [1.807, 2.05) is 30.0 Å². The number of hydrogen-bond donors (Lipinski definition) is 1. The molecule has 0 spiro atoms. The van der Waals surface area contributed by atoms with Gasteiger partial charge in [0.05, 0.1) is 50.5 Å². The first-order valence-electron chi connectivity index (χ1n) is 12.2. The number of carbonyl (C=O) groups excluding carboxylic acids is 1. The highest BCUT2D eigenvalue weighted by Gasteiger charge is 2.16. The summed E-state index contributed by atoms with van der Waals surface area (Å²) in [6.07, 6.45) is 0.615. The fourth-order valence-corrected chi connectivity index (χ4v) is 3.59. The zero-order chi connectivity index (χ0) is 28.0. The number of carbonyl (C=O) groups is 1. The number of hydrogen-bond acceptors (Lipinski definition) is 8. The molecule has 198 valence electrons. The maximum atomic E-state index is 12.8. The van der Waals surface area contributed by atoms with E-state index >= 15 is 0 Å². The molecular weight excluding hydrogens is 494 g/mol. The Kier molecular flexibility index (Phi) is 10.5. The van der Waals surface area contributed by atoms with Gasteiger partial charge in [0.25, 0.3) is 5.91 Å². The number of methoxy groups -OCH3 is 2. The van der Waals surface area contributed by atoms with Gasteiger partial charge in [-0.25, -0.2) is 5.43 Å². The Morgan fingerprint density at radius 2 is 1.67 bits per heavy atom. The van der Waals surface area contributed by atoms with Crippen LogP contribution in [0.4, 0.5) is 11.4 Å². The van der Waals surface area contributed by atoms with Crippen LogP contribution in [0.5, 0.6) is 11.5 Å². The molecule has 0 aliphatic rings. The zero-order valence-corrected chi connectivity index (χ0v) is 22.1. The molecule has 0 radical (unpaired) electrons. The maximum Gasteiger partial charge on any atom is 0.271 e. The van der Waals surface area contributed by atoms with Gasteiger partial charge >= 0.3 is 0 Å². The largest absolute Gasteiger partial charge is 0.497 e. The summed E-state index contributed by atoms with van der Waals surface area (Å²) in [5, 5.41) is 31.0. The lowest BCUT2D eigenvalue weighted by atomic mass is 10.1. The van der Waals surface area contributed by atoms with Gasteiger partial charge in [-0.1, -0.05) is 23.8 Å². The van der Waals surface area contributed by atoms with Gasteiger partial charge in [-0.05, 0) is 43.3 Å². The van der Waals surface area contributed by atoms with E-state index in [2.05, 4.69) is 32.9 Å². The highest BCUT2D eigenvalue weighted by atomic mass is 16.5. The summed E-state index contributed by atoms with van der Waals surface area (Å²) in [6, 6.07) is 23.8. The van der Waals surface area contributed by atoms with Crippen molar-refractivity contribution in [1.82, 2.24) is 5.43 Å². The first kappa shape index (κ1) is 28.4. The number of amidine groups is 1. The number of benzene rings is 3. The standard InChI is InChI=1S/C29H29N7O3/c1-21-9-11-22(12-10-21)29(37)35-34-28(33-32-23-7-4-8-25(19-23)38-2)26-14-13-24(20-27(26)39-3)36(17-5-15-30)18-6-16-31/h4,7-14,19-20H,5-6,17-18H2,1-3H3,(H,35,37). The van der Waals surface area contributed by atoms with E-state index in [0.717, 1.165) is 11.3 Å². The molecule has 3 aromatic rings. The van der Waals surface area contributed by atoms with Crippen LogP contribution in [-0.4, -0.2) is 39.1 Å². The molecule has 1 amide bonds. The van der Waals surface area contributed by atoms with Crippen LogP contribution in [0, 0.1) is 29.6 Å². The molecule has 3 aromatic carbocycles. The van der Waals surface area contributed by atoms with Crippen molar-refractivity contribution in [2.24, 2.45) is 15.3 Å². The van der Waals surface area contributed by atoms with Crippen LogP contribution < -0.4 is 19.8 Å². The molecular formula is C29H29N7O3. The number of azo groups is 1. The van der Waals surface area contributed by atoms with Crippen LogP contribution in [0.1, 0.15) is 34.3 Å². The van der Waals surface area contributed by atoms with Crippen molar-refractivity contribution < 1.29 is 14.3 Å². The molecule has 3 rings (SSSR count). The van der Waals surface area contributed by atoms with E-state index in [9.17, 15) is 4.79 Å². The molecule has 0 unspecified atom stereocenters. The molecule has 0 saturated carbocycles. The van der Waals surface area contributed by atoms with E-state index in [1.54, 1.807) is 55.6 Å². The van der Waals surface area contributed by atoms with Crippen molar-refractivity contribution in [2.75, 3.05) is 32.2 Å². The summed E-state index contributed by atoms with van der Waals surface area (Å²) in [5.74, 6) is 0.759. The minimum atomic E-state index is -0.404. The second-order valence-corrected chi connectivity index (χ2v) is 8.33. The summed E-state index contributed by atoms with van der Waals surface area (Å²) < 4.78 is 10.9. The summed E-state index contributed by atoms with van der Waals surface area (Å²) in [5.41, 5.74) is 5.82. The lowest BCUT2D eigenvalue weighted by Gasteiger charge is -2.23. The molecule has 1 N–H and O–H groups in total. The Balaban J connectivity index is 2.00. The number of ether oxygens (including phenoxy) is 2. The highest BCUT2D eigenvalue weighted by molar-refractivity contribution is 6.03. The van der Waals surface area contributed by atoms with Crippen molar-refractivity contribution >= 4 is 23.1 Å². The van der Waals surface area contributed by atoms with Gasteiger partial charge in [0.1, 0.15) is 11.5 Å². The van der Waals surface area contributed by atoms with E-state index in [-0.39, 0.29) is 5.84 Å². The van der Waals surface area contributed by atoms with Crippen LogP contribution >= 0.6 is 0 Å². The van der Waals surface area contributed by atoms with E-state index < -0.39 is 5.91 Å². The fourth-order valence-electron chi connectivity index (χ4n) is 3.59. The molecule has 0 aromatic heterocycles. The first-order chi connectivity index (χ1) is 19.0. The third-order valence-corrected chi connectivity index (χ3v) is 5.67. The number of hydrazone groups is 1. The number of nitrogens with one attached hydrogen (secondary N) is 1. The SMILES string of the molecule is COc1cccc(N=NC(=NNC(=O)c2ccc(C)cc2)c2ccc(N(CCC#N)CCC#N)cc2OC)c1. The fraction of sp³-hybridized carbons (Fsp3) is 0.241. The molecule has 0 bridgehead atoms. The van der Waals surface area contributed by atoms with E-state index in [4.69, 9.17) is 20.0 Å². The van der Waals surface area contributed by atoms with Crippen LogP contribution in [0.3, 0.4) is 0 Å². The summed E-state index contributed by atoms with van der Waals surface area (Å²) in [7, 11) is 3.08. The van der Waals surface area contributed by atoms with E-state index in [0.29, 0.717) is 54.2 Å². The normalized spacial score (nSPS) is 10.9. The maximum absolute atomic E-state index is 12.8. The highest BCUT2D eigenvalue weighted by Crippen LogP contribution is 2.28. The molecule has 0 aliphatic heterocycles. The predicted octanol–water partition coefficient (Wildman–Crippen LogP) is 5.52. The third-order valence-electron chi connectivity index (χ3n) is 5.67. The average molecular weight is 524 g/mol. The number of amides is 1. The van der Waals surface area contributed by atoms with Gasteiger partial charge in [0.15, 0.2) is 0 Å². The quantitative estimate of drug-likeness (QED) is 0.152. The lowest BCUT2D eigenvalue weighted by molar-refractivity contribution is 0.0954. The van der Waals surface area contributed by atoms with Crippen molar-refractivity contribution in [2.45, 2.75) is 19.8 Å². The molecule has 10 nitrogen and oxygen atoms in total. The molecule has 0 fully saturated rings. The van der Waals surface area contributed by atoms with Gasteiger partial charge in [-0.15, -0.1) is 15.3 Å². The third kappa shape index (κ3) is 8.14. The molecule has 0 saturated heterocycles. The average Bonchev–Trinajstić information content (AvgIpc) is 2.97. The second kappa shape index (κ2) is 14.5. The molecule has 0 atom stereocenters. The lowest BCUT2D eigenvalue weighted by Crippen LogP contribution is -2.25. The van der Waals surface area contributed by atoms with Crippen LogP contribution in [-0.2, 0) is 0 Å². The van der Waals surface area contributed by atoms with Crippen LogP contribution in [0.2, 0.25) is 0 Å². The summed E-state index contributed by atoms with van der Waals surface area (Å²) in [6.45, 7) is 2.86. The van der Waals surface area contributed by atoms with Crippen molar-refractivity contribution in [3.63, 3.8) is 0 Å². The molecule has 0 aliphatic carbocycles. The van der Waals surface area contributed by atoms with Gasteiger partial charge < -0.3 is 14.4 Å². The summed E-state index contributed by atoms with van der Waals surface area (Å²) in [4.78, 5) is 14.7. The number of rotatable bonds is 11. The van der Waals surface area contributed by atoms with Gasteiger partial charge in [-0.3, -0.25) is 4.79 Å². The Morgan fingerprint density at radius 1 is 0.949 bits per heavy atom. The smallest absolute Gasteiger partial charge is 0.271 e. The minimum absolute atomic E-state index is 0.113. The van der Waals surface area contributed by atoms with Crippen LogP contribution in [0.25, 0.3) is 0 Å². The van der Waals surface area contributed by atoms with Crippen molar-refractivity contribution in [3.05, 3.63) is 83.4 Å². The Labute approximate surface area is 227 Å². The van der Waals surface area contributed by atoms with Gasteiger partial charge in [0, 0.05) is 36.5 Å². The Bertz CT molecular complexity index is 1400. The van der Waals surface area contributed by atoms with Crippen LogP contribution in [0.15, 0.2) is 82.1 Å². The number of nitrogens with zero attached hydrogens (tertiary/aromatic N) is 6. The number of aryl methyl sites for hydroxylation is 1. The molecule has 0 heterocycles. The monoisotopic (exact) mass is 523 g/mol. The van der Waals surface area contributed by atoms with Gasteiger partial charge in [-0.2, -0.15) is 10.5 Å². The number of anilines is 1. The Morgan fingerprint density at radius 3 is 2.31 bits per heavy atom. The number of nitriles is 2. The van der Waals surface area contributed by atoms with Crippen molar-refractivity contribution in [1.29, 1.82) is 10.5 Å².